The highest BCUT2D eigenvalue weighted by molar-refractivity contribution is 7.99. The van der Waals surface area contributed by atoms with E-state index < -0.39 is 0 Å². The summed E-state index contributed by atoms with van der Waals surface area (Å²) in [5, 5.41) is 12.2. The quantitative estimate of drug-likeness (QED) is 0.904. The molecule has 0 bridgehead atoms. The number of rotatable bonds is 2. The topological polar surface area (TPSA) is 45.5 Å². The Hall–Kier alpha value is -1.27. The lowest BCUT2D eigenvalue weighted by Crippen LogP contribution is -2.43. The van der Waals surface area contributed by atoms with Gasteiger partial charge in [-0.25, -0.2) is 0 Å². The van der Waals surface area contributed by atoms with Gasteiger partial charge >= 0.3 is 0 Å². The van der Waals surface area contributed by atoms with Crippen LogP contribution in [-0.4, -0.2) is 52.3 Å². The number of hydrogen-bond acceptors (Lipinski definition) is 5. The maximum absolute atomic E-state index is 4.43. The molecule has 20 heavy (non-hydrogen) atoms. The Kier molecular flexibility index (Phi) is 3.28. The van der Waals surface area contributed by atoms with E-state index >= 15 is 0 Å². The van der Waals surface area contributed by atoms with Crippen molar-refractivity contribution in [2.45, 2.75) is 12.3 Å². The van der Waals surface area contributed by atoms with E-state index in [1.54, 1.807) is 0 Å². The van der Waals surface area contributed by atoms with Gasteiger partial charge in [-0.3, -0.25) is 4.40 Å². The molecule has 2 aromatic rings. The predicted octanol–water partition coefficient (Wildman–Crippen LogP) is 1.36. The molecule has 2 aromatic heterocycles. The van der Waals surface area contributed by atoms with E-state index in [0.717, 1.165) is 37.7 Å². The maximum atomic E-state index is 4.43. The van der Waals surface area contributed by atoms with Gasteiger partial charge in [0.05, 0.1) is 0 Å². The molecule has 2 saturated heterocycles. The van der Waals surface area contributed by atoms with Gasteiger partial charge < -0.3 is 10.2 Å². The predicted molar refractivity (Wildman–Crippen MR) is 82.8 cm³/mol. The lowest BCUT2D eigenvalue weighted by Gasteiger charge is -2.29. The molecular weight excluding hydrogens is 270 g/mol. The van der Waals surface area contributed by atoms with Crippen molar-refractivity contribution in [3.63, 3.8) is 0 Å². The van der Waals surface area contributed by atoms with Gasteiger partial charge in [-0.15, -0.1) is 10.2 Å². The number of nitrogens with one attached hydrogen (secondary N) is 1. The summed E-state index contributed by atoms with van der Waals surface area (Å²) >= 11 is 2.02. The van der Waals surface area contributed by atoms with Crippen molar-refractivity contribution in [3.05, 3.63) is 24.2 Å². The number of fused-ring (bicyclic) bond motifs is 1. The largest absolute Gasteiger partial charge is 0.369 e. The van der Waals surface area contributed by atoms with Gasteiger partial charge in [-0.2, -0.15) is 11.8 Å². The maximum Gasteiger partial charge on any atom is 0.162 e. The van der Waals surface area contributed by atoms with Gasteiger partial charge in [0.15, 0.2) is 5.65 Å². The second kappa shape index (κ2) is 5.26. The van der Waals surface area contributed by atoms with Crippen LogP contribution in [0.25, 0.3) is 5.65 Å². The molecule has 0 aromatic carbocycles. The van der Waals surface area contributed by atoms with E-state index in [1.807, 2.05) is 11.8 Å². The number of anilines is 1. The fourth-order valence-corrected chi connectivity index (χ4v) is 4.25. The van der Waals surface area contributed by atoms with Crippen molar-refractivity contribution in [1.82, 2.24) is 19.9 Å². The van der Waals surface area contributed by atoms with Crippen molar-refractivity contribution in [1.29, 1.82) is 0 Å². The van der Waals surface area contributed by atoms with Crippen LogP contribution in [0.3, 0.4) is 0 Å². The molecule has 2 aliphatic rings. The smallest absolute Gasteiger partial charge is 0.162 e. The number of hydrogen-bond donors (Lipinski definition) is 1. The van der Waals surface area contributed by atoms with Crippen LogP contribution in [-0.2, 0) is 0 Å². The Balaban J connectivity index is 1.66. The first-order valence-electron chi connectivity index (χ1n) is 7.30. The normalized spacial score (nSPS) is 23.6. The molecule has 0 radical (unpaired) electrons. The van der Waals surface area contributed by atoms with Crippen molar-refractivity contribution < 1.29 is 0 Å². The van der Waals surface area contributed by atoms with E-state index in [-0.39, 0.29) is 0 Å². The molecule has 1 unspecified atom stereocenters. The van der Waals surface area contributed by atoms with Crippen LogP contribution in [0.15, 0.2) is 18.3 Å². The summed E-state index contributed by atoms with van der Waals surface area (Å²) in [6, 6.07) is 4.37. The van der Waals surface area contributed by atoms with Crippen LogP contribution in [0.4, 0.5) is 5.69 Å². The average Bonchev–Trinajstić information content (AvgIpc) is 3.16. The summed E-state index contributed by atoms with van der Waals surface area (Å²) in [5.41, 5.74) is 2.24. The van der Waals surface area contributed by atoms with Crippen LogP contribution in [0.2, 0.25) is 0 Å². The van der Waals surface area contributed by atoms with Gasteiger partial charge in [0.25, 0.3) is 0 Å². The molecule has 0 amide bonds. The SMILES string of the molecule is c1cn2c(C3CCSC3)nnc2cc1N1CCNCC1. The zero-order chi connectivity index (χ0) is 13.4. The highest BCUT2D eigenvalue weighted by atomic mass is 32.2. The first kappa shape index (κ1) is 12.5. The Morgan fingerprint density at radius 2 is 2.15 bits per heavy atom. The summed E-state index contributed by atoms with van der Waals surface area (Å²) < 4.78 is 2.17. The molecule has 6 heteroatoms. The Morgan fingerprint density at radius 3 is 2.95 bits per heavy atom. The number of piperazine rings is 1. The zero-order valence-corrected chi connectivity index (χ0v) is 12.3. The molecule has 1 atom stereocenters. The van der Waals surface area contributed by atoms with E-state index in [0.29, 0.717) is 5.92 Å². The second-order valence-electron chi connectivity index (χ2n) is 5.47. The number of pyridine rings is 1. The number of thioether (sulfide) groups is 1. The third-order valence-corrected chi connectivity index (χ3v) is 5.36. The fourth-order valence-electron chi connectivity index (χ4n) is 3.03. The van der Waals surface area contributed by atoms with Gasteiger partial charge in [0.1, 0.15) is 5.82 Å². The van der Waals surface area contributed by atoms with Crippen molar-refractivity contribution >= 4 is 23.1 Å². The van der Waals surface area contributed by atoms with E-state index in [2.05, 4.69) is 43.1 Å². The van der Waals surface area contributed by atoms with Crippen molar-refractivity contribution in [3.8, 4) is 0 Å². The van der Waals surface area contributed by atoms with Gasteiger partial charge in [0, 0.05) is 55.8 Å². The summed E-state index contributed by atoms with van der Waals surface area (Å²) in [6.45, 7) is 4.25. The lowest BCUT2D eigenvalue weighted by molar-refractivity contribution is 0.589. The molecular formula is C14H19N5S. The minimum atomic E-state index is 0.569. The van der Waals surface area contributed by atoms with Crippen LogP contribution in [0, 0.1) is 0 Å². The molecule has 4 heterocycles. The molecule has 106 valence electrons. The molecule has 0 aliphatic carbocycles. The number of aromatic nitrogens is 3. The number of nitrogens with zero attached hydrogens (tertiary/aromatic N) is 4. The molecule has 5 nitrogen and oxygen atoms in total. The Labute approximate surface area is 122 Å². The fraction of sp³-hybridized carbons (Fsp3) is 0.571. The van der Waals surface area contributed by atoms with Crippen LogP contribution in [0.1, 0.15) is 18.2 Å². The lowest BCUT2D eigenvalue weighted by atomic mass is 10.1. The first-order valence-corrected chi connectivity index (χ1v) is 8.45. The highest BCUT2D eigenvalue weighted by Gasteiger charge is 2.23. The van der Waals surface area contributed by atoms with Crippen LogP contribution < -0.4 is 10.2 Å². The molecule has 0 spiro atoms. The van der Waals surface area contributed by atoms with Crippen LogP contribution >= 0.6 is 11.8 Å². The summed E-state index contributed by atoms with van der Waals surface area (Å²) in [7, 11) is 0. The summed E-state index contributed by atoms with van der Waals surface area (Å²) in [5.74, 6) is 4.13. The second-order valence-corrected chi connectivity index (χ2v) is 6.62. The monoisotopic (exact) mass is 289 g/mol. The van der Waals surface area contributed by atoms with E-state index in [4.69, 9.17) is 0 Å². The van der Waals surface area contributed by atoms with Crippen molar-refractivity contribution in [2.24, 2.45) is 0 Å². The minimum Gasteiger partial charge on any atom is -0.369 e. The molecule has 2 aliphatic heterocycles. The van der Waals surface area contributed by atoms with Gasteiger partial charge in [0.2, 0.25) is 0 Å². The molecule has 2 fully saturated rings. The zero-order valence-electron chi connectivity index (χ0n) is 11.5. The summed E-state index contributed by atoms with van der Waals surface area (Å²) in [4.78, 5) is 2.41. The van der Waals surface area contributed by atoms with E-state index in [9.17, 15) is 0 Å². The first-order chi connectivity index (χ1) is 9.92. The molecule has 1 N–H and O–H groups in total. The third kappa shape index (κ3) is 2.16. The minimum absolute atomic E-state index is 0.569. The van der Waals surface area contributed by atoms with Gasteiger partial charge in [-0.05, 0) is 18.2 Å². The standard InChI is InChI=1S/C14H19N5S/c1-5-19-13(9-12(1)18-6-3-15-4-7-18)16-17-14(19)11-2-8-20-10-11/h1,5,9,11,15H,2-4,6-8,10H2. The van der Waals surface area contributed by atoms with Crippen molar-refractivity contribution in [2.75, 3.05) is 42.6 Å². The highest BCUT2D eigenvalue weighted by Crippen LogP contribution is 2.31. The van der Waals surface area contributed by atoms with Crippen LogP contribution in [0.5, 0.6) is 0 Å². The van der Waals surface area contributed by atoms with Gasteiger partial charge in [-0.1, -0.05) is 0 Å². The summed E-state index contributed by atoms with van der Waals surface area (Å²) in [6.07, 6.45) is 3.37. The molecule has 0 saturated carbocycles. The Bertz CT molecular complexity index is 599. The molecule has 4 rings (SSSR count). The third-order valence-electron chi connectivity index (χ3n) is 4.20. The Morgan fingerprint density at radius 1 is 1.25 bits per heavy atom. The van der Waals surface area contributed by atoms with E-state index in [1.165, 1.54) is 23.6 Å². The average molecular weight is 289 g/mol.